The SMILES string of the molecule is CC(CO)NCC1Cc2cc(Br)ccc2O1. The van der Waals surface area contributed by atoms with Crippen molar-refractivity contribution in [3.63, 3.8) is 0 Å². The number of aliphatic hydroxyl groups is 1. The third-order valence-corrected chi connectivity index (χ3v) is 3.22. The number of nitrogens with one attached hydrogen (secondary N) is 1. The van der Waals surface area contributed by atoms with Crippen molar-refractivity contribution in [1.82, 2.24) is 5.32 Å². The zero-order valence-electron chi connectivity index (χ0n) is 9.24. The van der Waals surface area contributed by atoms with Crippen molar-refractivity contribution in [2.45, 2.75) is 25.5 Å². The first-order chi connectivity index (χ1) is 7.69. The van der Waals surface area contributed by atoms with Crippen molar-refractivity contribution in [2.75, 3.05) is 13.2 Å². The molecule has 0 amide bonds. The third kappa shape index (κ3) is 2.75. The molecular weight excluding hydrogens is 270 g/mol. The van der Waals surface area contributed by atoms with E-state index in [1.807, 2.05) is 19.1 Å². The molecule has 1 aromatic carbocycles. The summed E-state index contributed by atoms with van der Waals surface area (Å²) in [4.78, 5) is 0. The molecule has 0 bridgehead atoms. The molecule has 0 radical (unpaired) electrons. The Balaban J connectivity index is 1.90. The number of fused-ring (bicyclic) bond motifs is 1. The van der Waals surface area contributed by atoms with Crippen LogP contribution in [0.4, 0.5) is 0 Å². The summed E-state index contributed by atoms with van der Waals surface area (Å²) in [6, 6.07) is 6.21. The van der Waals surface area contributed by atoms with E-state index in [1.165, 1.54) is 5.56 Å². The van der Waals surface area contributed by atoms with Crippen molar-refractivity contribution in [3.05, 3.63) is 28.2 Å². The number of ether oxygens (including phenoxy) is 1. The summed E-state index contributed by atoms with van der Waals surface area (Å²) in [5, 5.41) is 12.1. The Kier molecular flexibility index (Phi) is 3.84. The Bertz CT molecular complexity index is 370. The molecule has 0 aliphatic carbocycles. The van der Waals surface area contributed by atoms with Crippen molar-refractivity contribution in [2.24, 2.45) is 0 Å². The van der Waals surface area contributed by atoms with Gasteiger partial charge in [0.05, 0.1) is 6.61 Å². The molecular formula is C12H16BrNO2. The third-order valence-electron chi connectivity index (χ3n) is 2.73. The molecule has 2 atom stereocenters. The second-order valence-electron chi connectivity index (χ2n) is 4.19. The van der Waals surface area contributed by atoms with E-state index < -0.39 is 0 Å². The quantitative estimate of drug-likeness (QED) is 0.885. The monoisotopic (exact) mass is 285 g/mol. The van der Waals surface area contributed by atoms with Crippen LogP contribution in [0.3, 0.4) is 0 Å². The van der Waals surface area contributed by atoms with Gasteiger partial charge >= 0.3 is 0 Å². The van der Waals surface area contributed by atoms with Crippen LogP contribution in [0, 0.1) is 0 Å². The number of hydrogen-bond donors (Lipinski definition) is 2. The van der Waals surface area contributed by atoms with Gasteiger partial charge in [0.2, 0.25) is 0 Å². The number of hydrogen-bond acceptors (Lipinski definition) is 3. The van der Waals surface area contributed by atoms with Gasteiger partial charge in [0.1, 0.15) is 11.9 Å². The molecule has 2 N–H and O–H groups in total. The van der Waals surface area contributed by atoms with Crippen LogP contribution in [-0.2, 0) is 6.42 Å². The van der Waals surface area contributed by atoms with Crippen LogP contribution >= 0.6 is 15.9 Å². The van der Waals surface area contributed by atoms with Gasteiger partial charge in [-0.25, -0.2) is 0 Å². The summed E-state index contributed by atoms with van der Waals surface area (Å²) in [6.07, 6.45) is 1.11. The molecule has 1 aromatic rings. The van der Waals surface area contributed by atoms with Crippen LogP contribution in [0.15, 0.2) is 22.7 Å². The molecule has 0 aromatic heterocycles. The molecule has 0 spiro atoms. The van der Waals surface area contributed by atoms with Gasteiger partial charge in [-0.3, -0.25) is 0 Å². The van der Waals surface area contributed by atoms with Gasteiger partial charge in [-0.05, 0) is 30.7 Å². The van der Waals surface area contributed by atoms with Gasteiger partial charge in [0, 0.05) is 23.5 Å². The highest BCUT2D eigenvalue weighted by molar-refractivity contribution is 9.10. The second kappa shape index (κ2) is 5.17. The van der Waals surface area contributed by atoms with E-state index in [-0.39, 0.29) is 18.8 Å². The average molecular weight is 286 g/mol. The van der Waals surface area contributed by atoms with Crippen LogP contribution in [0.1, 0.15) is 12.5 Å². The lowest BCUT2D eigenvalue weighted by atomic mass is 10.1. The van der Waals surface area contributed by atoms with E-state index >= 15 is 0 Å². The summed E-state index contributed by atoms with van der Waals surface area (Å²) in [7, 11) is 0. The lowest BCUT2D eigenvalue weighted by Gasteiger charge is -2.15. The molecule has 1 aliphatic heterocycles. The fourth-order valence-corrected chi connectivity index (χ4v) is 2.21. The molecule has 1 aliphatic rings. The predicted octanol–water partition coefficient (Wildman–Crippen LogP) is 1.72. The molecule has 0 saturated carbocycles. The Labute approximate surface area is 104 Å². The highest BCUT2D eigenvalue weighted by atomic mass is 79.9. The molecule has 2 rings (SSSR count). The van der Waals surface area contributed by atoms with Crippen LogP contribution < -0.4 is 10.1 Å². The zero-order chi connectivity index (χ0) is 11.5. The standard InChI is InChI=1S/C12H16BrNO2/c1-8(7-15)14-6-11-5-9-4-10(13)2-3-12(9)16-11/h2-4,8,11,14-15H,5-7H2,1H3. The summed E-state index contributed by atoms with van der Waals surface area (Å²) in [6.45, 7) is 2.89. The first kappa shape index (κ1) is 11.9. The molecule has 3 nitrogen and oxygen atoms in total. The predicted molar refractivity (Wildman–Crippen MR) is 66.8 cm³/mol. The number of aliphatic hydroxyl groups excluding tert-OH is 1. The number of halogens is 1. The lowest BCUT2D eigenvalue weighted by molar-refractivity contribution is 0.202. The fourth-order valence-electron chi connectivity index (χ4n) is 1.80. The van der Waals surface area contributed by atoms with Crippen LogP contribution in [0.2, 0.25) is 0 Å². The van der Waals surface area contributed by atoms with Crippen molar-refractivity contribution in [3.8, 4) is 5.75 Å². The van der Waals surface area contributed by atoms with Crippen LogP contribution in [0.5, 0.6) is 5.75 Å². The van der Waals surface area contributed by atoms with Crippen LogP contribution in [0.25, 0.3) is 0 Å². The van der Waals surface area contributed by atoms with E-state index in [9.17, 15) is 0 Å². The van der Waals surface area contributed by atoms with E-state index in [1.54, 1.807) is 0 Å². The van der Waals surface area contributed by atoms with Crippen LogP contribution in [-0.4, -0.2) is 30.4 Å². The first-order valence-electron chi connectivity index (χ1n) is 5.48. The maximum absolute atomic E-state index is 8.91. The molecule has 4 heteroatoms. The minimum absolute atomic E-state index is 0.124. The zero-order valence-corrected chi connectivity index (χ0v) is 10.8. The second-order valence-corrected chi connectivity index (χ2v) is 5.10. The largest absolute Gasteiger partial charge is 0.488 e. The minimum atomic E-state index is 0.124. The highest BCUT2D eigenvalue weighted by Crippen LogP contribution is 2.30. The lowest BCUT2D eigenvalue weighted by Crippen LogP contribution is -2.37. The van der Waals surface area contributed by atoms with Gasteiger partial charge in [-0.2, -0.15) is 0 Å². The molecule has 0 saturated heterocycles. The average Bonchev–Trinajstić information content (AvgIpc) is 2.67. The van der Waals surface area contributed by atoms with Gasteiger partial charge in [-0.15, -0.1) is 0 Å². The Morgan fingerprint density at radius 3 is 3.19 bits per heavy atom. The van der Waals surface area contributed by atoms with Crippen molar-refractivity contribution >= 4 is 15.9 Å². The highest BCUT2D eigenvalue weighted by Gasteiger charge is 2.22. The van der Waals surface area contributed by atoms with E-state index in [4.69, 9.17) is 9.84 Å². The molecule has 2 unspecified atom stereocenters. The summed E-state index contributed by atoms with van der Waals surface area (Å²) < 4.78 is 6.88. The van der Waals surface area contributed by atoms with Gasteiger partial charge in [-0.1, -0.05) is 15.9 Å². The molecule has 1 heterocycles. The summed E-state index contributed by atoms with van der Waals surface area (Å²) in [5.74, 6) is 0.978. The normalized spacial score (nSPS) is 20.3. The van der Waals surface area contributed by atoms with Gasteiger partial charge in [0.25, 0.3) is 0 Å². The van der Waals surface area contributed by atoms with Gasteiger partial charge < -0.3 is 15.2 Å². The minimum Gasteiger partial charge on any atom is -0.488 e. The van der Waals surface area contributed by atoms with Gasteiger partial charge in [0.15, 0.2) is 0 Å². The fraction of sp³-hybridized carbons (Fsp3) is 0.500. The summed E-state index contributed by atoms with van der Waals surface area (Å²) in [5.41, 5.74) is 1.25. The summed E-state index contributed by atoms with van der Waals surface area (Å²) >= 11 is 3.45. The first-order valence-corrected chi connectivity index (χ1v) is 6.27. The molecule has 16 heavy (non-hydrogen) atoms. The Morgan fingerprint density at radius 1 is 1.62 bits per heavy atom. The molecule has 0 fully saturated rings. The van der Waals surface area contributed by atoms with Crippen molar-refractivity contribution in [1.29, 1.82) is 0 Å². The Morgan fingerprint density at radius 2 is 2.44 bits per heavy atom. The Hall–Kier alpha value is -0.580. The maximum atomic E-state index is 8.91. The van der Waals surface area contributed by atoms with Crippen molar-refractivity contribution < 1.29 is 9.84 Å². The van der Waals surface area contributed by atoms with E-state index in [0.717, 1.165) is 23.2 Å². The van der Waals surface area contributed by atoms with E-state index in [0.29, 0.717) is 0 Å². The smallest absolute Gasteiger partial charge is 0.123 e. The number of rotatable bonds is 4. The topological polar surface area (TPSA) is 41.5 Å². The van der Waals surface area contributed by atoms with E-state index in [2.05, 4.69) is 27.3 Å². The molecule has 88 valence electrons. The number of benzene rings is 1. The maximum Gasteiger partial charge on any atom is 0.123 e.